The number of thiophene rings is 1. The molecule has 0 fully saturated rings. The summed E-state index contributed by atoms with van der Waals surface area (Å²) >= 11 is 7.75. The lowest BCUT2D eigenvalue weighted by Gasteiger charge is -2.19. The van der Waals surface area contributed by atoms with Gasteiger partial charge in [-0.2, -0.15) is 8.78 Å². The molecule has 114 valence electrons. The minimum Gasteiger partial charge on any atom is -0.435 e. The van der Waals surface area contributed by atoms with Gasteiger partial charge >= 0.3 is 6.61 Å². The van der Waals surface area contributed by atoms with E-state index in [1.165, 1.54) is 17.4 Å². The van der Waals surface area contributed by atoms with Crippen LogP contribution < -0.4 is 10.1 Å². The molecule has 0 spiro atoms. The van der Waals surface area contributed by atoms with Gasteiger partial charge < -0.3 is 10.1 Å². The van der Waals surface area contributed by atoms with Gasteiger partial charge in [-0.3, -0.25) is 0 Å². The van der Waals surface area contributed by atoms with Gasteiger partial charge in [-0.05, 0) is 42.1 Å². The summed E-state index contributed by atoms with van der Waals surface area (Å²) in [5, 5.41) is 5.98. The predicted octanol–water partition coefficient (Wildman–Crippen LogP) is 5.09. The van der Waals surface area contributed by atoms with Gasteiger partial charge in [-0.1, -0.05) is 30.7 Å². The van der Waals surface area contributed by atoms with Gasteiger partial charge in [0.1, 0.15) is 5.75 Å². The van der Waals surface area contributed by atoms with Crippen LogP contribution in [0.1, 0.15) is 29.8 Å². The van der Waals surface area contributed by atoms with Gasteiger partial charge in [0.15, 0.2) is 0 Å². The molecule has 21 heavy (non-hydrogen) atoms. The van der Waals surface area contributed by atoms with Crippen LogP contribution >= 0.6 is 22.9 Å². The molecular weight excluding hydrogens is 316 g/mol. The van der Waals surface area contributed by atoms with Crippen LogP contribution in [-0.2, 0) is 0 Å². The van der Waals surface area contributed by atoms with Crippen molar-refractivity contribution in [2.75, 3.05) is 6.54 Å². The van der Waals surface area contributed by atoms with Crippen molar-refractivity contribution in [3.8, 4) is 5.75 Å². The molecule has 1 atom stereocenters. The molecule has 1 aromatic heterocycles. The van der Waals surface area contributed by atoms with Crippen molar-refractivity contribution >= 4 is 22.9 Å². The van der Waals surface area contributed by atoms with Crippen molar-refractivity contribution in [1.29, 1.82) is 0 Å². The third kappa shape index (κ3) is 4.40. The van der Waals surface area contributed by atoms with Gasteiger partial charge in [0, 0.05) is 4.88 Å². The highest BCUT2D eigenvalue weighted by Gasteiger charge is 2.18. The number of rotatable bonds is 7. The SMILES string of the molecule is CCCNC(c1cccc(OC(F)F)c1)c1sccc1Cl. The third-order valence-electron chi connectivity index (χ3n) is 2.92. The first-order valence-corrected chi connectivity index (χ1v) is 7.88. The lowest BCUT2D eigenvalue weighted by atomic mass is 10.0. The summed E-state index contributed by atoms with van der Waals surface area (Å²) in [6, 6.07) is 8.43. The molecule has 0 aliphatic rings. The van der Waals surface area contributed by atoms with E-state index in [0.717, 1.165) is 23.4 Å². The van der Waals surface area contributed by atoms with E-state index in [1.54, 1.807) is 12.1 Å². The molecular formula is C15H16ClF2NOS. The summed E-state index contributed by atoms with van der Waals surface area (Å²) in [5.74, 6) is 0.151. The van der Waals surface area contributed by atoms with Crippen molar-refractivity contribution < 1.29 is 13.5 Å². The number of halogens is 3. The maximum atomic E-state index is 12.3. The van der Waals surface area contributed by atoms with Crippen LogP contribution in [-0.4, -0.2) is 13.2 Å². The average molecular weight is 332 g/mol. The number of ether oxygens (including phenoxy) is 1. The van der Waals surface area contributed by atoms with E-state index in [-0.39, 0.29) is 11.8 Å². The summed E-state index contributed by atoms with van der Waals surface area (Å²) in [4.78, 5) is 0.972. The molecule has 0 aliphatic carbocycles. The van der Waals surface area contributed by atoms with Crippen molar-refractivity contribution in [2.24, 2.45) is 0 Å². The Morgan fingerprint density at radius 1 is 1.33 bits per heavy atom. The highest BCUT2D eigenvalue weighted by atomic mass is 35.5. The monoisotopic (exact) mass is 331 g/mol. The standard InChI is InChI=1S/C15H16ClF2NOS/c1-2-7-19-13(14-12(16)6-8-21-14)10-4-3-5-11(9-10)20-15(17)18/h3-6,8-9,13,15,19H,2,7H2,1H3. The fourth-order valence-electron chi connectivity index (χ4n) is 2.03. The number of alkyl halides is 2. The quantitative estimate of drug-likeness (QED) is 0.762. The van der Waals surface area contributed by atoms with Gasteiger partial charge in [-0.25, -0.2) is 0 Å². The zero-order chi connectivity index (χ0) is 15.2. The molecule has 0 aliphatic heterocycles. The summed E-state index contributed by atoms with van der Waals surface area (Å²) in [5.41, 5.74) is 0.853. The van der Waals surface area contributed by atoms with Crippen LogP contribution in [0.15, 0.2) is 35.7 Å². The second-order valence-corrected chi connectivity index (χ2v) is 5.83. The molecule has 0 bridgehead atoms. The van der Waals surface area contributed by atoms with Crippen LogP contribution in [0.25, 0.3) is 0 Å². The average Bonchev–Trinajstić information content (AvgIpc) is 2.85. The van der Waals surface area contributed by atoms with Gasteiger partial charge in [0.2, 0.25) is 0 Å². The lowest BCUT2D eigenvalue weighted by molar-refractivity contribution is -0.0498. The van der Waals surface area contributed by atoms with Gasteiger partial charge in [-0.15, -0.1) is 11.3 Å². The first-order chi connectivity index (χ1) is 10.1. The molecule has 0 amide bonds. The fraction of sp³-hybridized carbons (Fsp3) is 0.333. The Balaban J connectivity index is 2.30. The topological polar surface area (TPSA) is 21.3 Å². The van der Waals surface area contributed by atoms with Gasteiger partial charge in [0.05, 0.1) is 11.1 Å². The Labute approximate surface area is 131 Å². The third-order valence-corrected chi connectivity index (χ3v) is 4.35. The van der Waals surface area contributed by atoms with E-state index in [2.05, 4.69) is 17.0 Å². The zero-order valence-corrected chi connectivity index (χ0v) is 13.1. The van der Waals surface area contributed by atoms with E-state index >= 15 is 0 Å². The Morgan fingerprint density at radius 3 is 2.76 bits per heavy atom. The first kappa shape index (κ1) is 16.2. The zero-order valence-electron chi connectivity index (χ0n) is 11.5. The molecule has 2 nitrogen and oxygen atoms in total. The van der Waals surface area contributed by atoms with Crippen LogP contribution in [0.4, 0.5) is 8.78 Å². The van der Waals surface area contributed by atoms with Crippen LogP contribution in [0.5, 0.6) is 5.75 Å². The Hall–Kier alpha value is -1.17. The normalized spacial score (nSPS) is 12.6. The Morgan fingerprint density at radius 2 is 2.14 bits per heavy atom. The Bertz CT molecular complexity index is 576. The number of benzene rings is 1. The summed E-state index contributed by atoms with van der Waals surface area (Å²) in [7, 11) is 0. The van der Waals surface area contributed by atoms with Crippen molar-refractivity contribution in [1.82, 2.24) is 5.32 Å². The summed E-state index contributed by atoms with van der Waals surface area (Å²) in [6.07, 6.45) is 0.965. The van der Waals surface area contributed by atoms with Crippen LogP contribution in [0, 0.1) is 0 Å². The van der Waals surface area contributed by atoms with E-state index in [0.29, 0.717) is 5.02 Å². The largest absolute Gasteiger partial charge is 0.435 e. The molecule has 1 N–H and O–H groups in total. The minimum absolute atomic E-state index is 0.126. The number of hydrogen-bond donors (Lipinski definition) is 1. The molecule has 0 saturated heterocycles. The van der Waals surface area contributed by atoms with Crippen molar-refractivity contribution in [2.45, 2.75) is 26.0 Å². The molecule has 0 radical (unpaired) electrons. The van der Waals surface area contributed by atoms with Crippen molar-refractivity contribution in [3.63, 3.8) is 0 Å². The maximum Gasteiger partial charge on any atom is 0.387 e. The van der Waals surface area contributed by atoms with E-state index in [9.17, 15) is 8.78 Å². The molecule has 2 rings (SSSR count). The van der Waals surface area contributed by atoms with Crippen LogP contribution in [0.2, 0.25) is 5.02 Å². The van der Waals surface area contributed by atoms with Crippen molar-refractivity contribution in [3.05, 3.63) is 51.2 Å². The molecule has 2 aromatic rings. The van der Waals surface area contributed by atoms with Crippen LogP contribution in [0.3, 0.4) is 0 Å². The maximum absolute atomic E-state index is 12.3. The smallest absolute Gasteiger partial charge is 0.387 e. The van der Waals surface area contributed by atoms with E-state index < -0.39 is 6.61 Å². The first-order valence-electron chi connectivity index (χ1n) is 6.63. The molecule has 1 heterocycles. The predicted molar refractivity (Wildman–Crippen MR) is 82.5 cm³/mol. The Kier molecular flexibility index (Phi) is 5.96. The molecule has 1 unspecified atom stereocenters. The van der Waals surface area contributed by atoms with E-state index in [1.807, 2.05) is 17.5 Å². The molecule has 0 saturated carbocycles. The number of hydrogen-bond acceptors (Lipinski definition) is 3. The van der Waals surface area contributed by atoms with Gasteiger partial charge in [0.25, 0.3) is 0 Å². The minimum atomic E-state index is -2.83. The highest BCUT2D eigenvalue weighted by Crippen LogP contribution is 2.34. The number of nitrogens with one attached hydrogen (secondary N) is 1. The fourth-order valence-corrected chi connectivity index (χ4v) is 3.30. The molecule has 6 heteroatoms. The van der Waals surface area contributed by atoms with E-state index in [4.69, 9.17) is 11.6 Å². The summed E-state index contributed by atoms with van der Waals surface area (Å²) in [6.45, 7) is 0.0440. The highest BCUT2D eigenvalue weighted by molar-refractivity contribution is 7.10. The summed E-state index contributed by atoms with van der Waals surface area (Å²) < 4.78 is 29.1. The lowest BCUT2D eigenvalue weighted by Crippen LogP contribution is -2.22. The second kappa shape index (κ2) is 7.73. The second-order valence-electron chi connectivity index (χ2n) is 4.47. The molecule has 1 aromatic carbocycles.